The molecule has 4 nitrogen and oxygen atoms in total. The van der Waals surface area contributed by atoms with Crippen LogP contribution in [0.15, 0.2) is 12.1 Å². The molecule has 4 aliphatic rings. The Bertz CT molecular complexity index is 896. The van der Waals surface area contributed by atoms with Crippen molar-refractivity contribution < 1.29 is 4.79 Å². The van der Waals surface area contributed by atoms with Crippen LogP contribution in [0.3, 0.4) is 0 Å². The smallest absolute Gasteiger partial charge is 0.226 e. The Morgan fingerprint density at radius 1 is 1.25 bits per heavy atom. The number of hydrogen-bond donors (Lipinski definition) is 2. The molecule has 0 aliphatic heterocycles. The summed E-state index contributed by atoms with van der Waals surface area (Å²) in [5.74, 6) is 2.59. The lowest BCUT2D eigenvalue weighted by molar-refractivity contribution is -0.127. The highest BCUT2D eigenvalue weighted by atomic mass is 35.5. The second-order valence-electron chi connectivity index (χ2n) is 9.18. The summed E-state index contributed by atoms with van der Waals surface area (Å²) < 4.78 is 1.05. The number of carbonyl (C=O) groups excluding carboxylic acids is 1. The minimum atomic E-state index is 0.0412. The molecule has 0 unspecified atom stereocenters. The number of nitrogens with one attached hydrogen (secondary N) is 2. The van der Waals surface area contributed by atoms with E-state index in [1.54, 1.807) is 0 Å². The highest BCUT2D eigenvalue weighted by Gasteiger charge is 2.51. The number of anilines is 1. The summed E-state index contributed by atoms with van der Waals surface area (Å²) in [5.41, 5.74) is 2.08. The number of aromatic nitrogens is 1. The van der Waals surface area contributed by atoms with Crippen LogP contribution in [-0.4, -0.2) is 16.0 Å². The molecular formula is C21H24ClN3OS2. The first-order valence-electron chi connectivity index (χ1n) is 10.0. The third-order valence-corrected chi connectivity index (χ3v) is 8.39. The molecule has 4 fully saturated rings. The van der Waals surface area contributed by atoms with Crippen LogP contribution in [0.25, 0.3) is 10.2 Å². The van der Waals surface area contributed by atoms with E-state index >= 15 is 0 Å². The molecule has 148 valence electrons. The van der Waals surface area contributed by atoms with Gasteiger partial charge in [-0.25, -0.2) is 4.98 Å². The minimum absolute atomic E-state index is 0.0412. The molecule has 0 saturated heterocycles. The summed E-state index contributed by atoms with van der Waals surface area (Å²) in [7, 11) is 0. The van der Waals surface area contributed by atoms with Crippen molar-refractivity contribution in [2.45, 2.75) is 51.9 Å². The lowest BCUT2D eigenvalue weighted by atomic mass is 9.49. The Labute approximate surface area is 179 Å². The molecule has 4 saturated carbocycles. The summed E-state index contributed by atoms with van der Waals surface area (Å²) in [6.07, 6.45) is 8.46. The maximum atomic E-state index is 12.7. The second-order valence-corrected chi connectivity index (χ2v) is 11.0. The van der Waals surface area contributed by atoms with Gasteiger partial charge in [-0.15, -0.1) is 0 Å². The van der Waals surface area contributed by atoms with Crippen molar-refractivity contribution in [2.24, 2.45) is 23.2 Å². The fraction of sp³-hybridized carbons (Fsp3) is 0.571. The second kappa shape index (κ2) is 6.92. The number of carbonyl (C=O) groups is 1. The van der Waals surface area contributed by atoms with Gasteiger partial charge in [0, 0.05) is 11.4 Å². The summed E-state index contributed by atoms with van der Waals surface area (Å²) in [5, 5.41) is 7.68. The molecule has 0 radical (unpaired) electrons. The first kappa shape index (κ1) is 18.8. The van der Waals surface area contributed by atoms with E-state index in [2.05, 4.69) is 15.6 Å². The van der Waals surface area contributed by atoms with Crippen molar-refractivity contribution in [3.8, 4) is 0 Å². The molecular weight excluding hydrogens is 410 g/mol. The maximum absolute atomic E-state index is 12.7. The van der Waals surface area contributed by atoms with Crippen LogP contribution in [0.5, 0.6) is 0 Å². The van der Waals surface area contributed by atoms with Gasteiger partial charge in [0.05, 0.1) is 10.2 Å². The number of thiocarbonyl (C=S) groups is 1. The summed E-state index contributed by atoms with van der Waals surface area (Å²) in [4.78, 5) is 17.2. The minimum Gasteiger partial charge on any atom is -0.308 e. The lowest BCUT2D eigenvalue weighted by Crippen LogP contribution is -2.48. The van der Waals surface area contributed by atoms with E-state index in [-0.39, 0.29) is 11.3 Å². The zero-order chi connectivity index (χ0) is 19.5. The Morgan fingerprint density at radius 3 is 2.54 bits per heavy atom. The zero-order valence-electron chi connectivity index (χ0n) is 15.9. The van der Waals surface area contributed by atoms with E-state index in [1.165, 1.54) is 49.9 Å². The number of thiazole rings is 1. The van der Waals surface area contributed by atoms with Gasteiger partial charge in [-0.05, 0) is 98.5 Å². The quantitative estimate of drug-likeness (QED) is 0.611. The number of fused-ring (bicyclic) bond motifs is 1. The molecule has 6 rings (SSSR count). The molecule has 2 N–H and O–H groups in total. The number of hydrogen-bond acceptors (Lipinski definition) is 4. The van der Waals surface area contributed by atoms with Crippen LogP contribution in [-0.2, 0) is 4.79 Å². The summed E-state index contributed by atoms with van der Waals surface area (Å²) in [6.45, 7) is 1.98. The third kappa shape index (κ3) is 3.55. The molecule has 28 heavy (non-hydrogen) atoms. The number of nitrogens with zero attached hydrogens (tertiary/aromatic N) is 1. The van der Waals surface area contributed by atoms with Crippen molar-refractivity contribution in [1.29, 1.82) is 0 Å². The van der Waals surface area contributed by atoms with Crippen molar-refractivity contribution in [2.75, 3.05) is 5.32 Å². The molecule has 1 aromatic carbocycles. The highest BCUT2D eigenvalue weighted by Crippen LogP contribution is 2.61. The number of benzene rings is 1. The van der Waals surface area contributed by atoms with Gasteiger partial charge >= 0.3 is 0 Å². The molecule has 7 heteroatoms. The lowest BCUT2D eigenvalue weighted by Gasteiger charge is -2.56. The van der Waals surface area contributed by atoms with E-state index in [1.807, 2.05) is 19.1 Å². The van der Waals surface area contributed by atoms with Gasteiger partial charge in [-0.3, -0.25) is 4.79 Å². The van der Waals surface area contributed by atoms with Crippen LogP contribution in [0.4, 0.5) is 5.13 Å². The van der Waals surface area contributed by atoms with Crippen molar-refractivity contribution in [3.05, 3.63) is 22.7 Å². The van der Waals surface area contributed by atoms with Crippen LogP contribution < -0.4 is 10.6 Å². The van der Waals surface area contributed by atoms with Gasteiger partial charge in [-0.1, -0.05) is 22.9 Å². The van der Waals surface area contributed by atoms with E-state index in [9.17, 15) is 4.79 Å². The maximum Gasteiger partial charge on any atom is 0.226 e. The van der Waals surface area contributed by atoms with Gasteiger partial charge < -0.3 is 10.6 Å². The summed E-state index contributed by atoms with van der Waals surface area (Å²) >= 11 is 13.1. The highest BCUT2D eigenvalue weighted by molar-refractivity contribution is 7.80. The van der Waals surface area contributed by atoms with E-state index in [0.717, 1.165) is 33.5 Å². The predicted molar refractivity (Wildman–Crippen MR) is 119 cm³/mol. The van der Waals surface area contributed by atoms with Gasteiger partial charge in [0.15, 0.2) is 10.2 Å². The number of halogens is 1. The average Bonchev–Trinajstić information content (AvgIpc) is 2.93. The molecule has 4 aliphatic carbocycles. The van der Waals surface area contributed by atoms with Crippen LogP contribution in [0, 0.1) is 30.1 Å². The molecule has 0 spiro atoms. The van der Waals surface area contributed by atoms with Gasteiger partial charge in [-0.2, -0.15) is 0 Å². The molecule has 1 aromatic heterocycles. The Balaban J connectivity index is 1.22. The third-order valence-electron chi connectivity index (χ3n) is 6.84. The fourth-order valence-corrected chi connectivity index (χ4v) is 7.63. The Hall–Kier alpha value is -1.24. The predicted octanol–water partition coefficient (Wildman–Crippen LogP) is 5.68. The molecule has 1 heterocycles. The SMILES string of the molecule is Cc1cc2sc(NC(=S)NC(=O)CC34CC5CC(CC(C5)C3)C4)nc2cc1Cl. The van der Waals surface area contributed by atoms with Crippen LogP contribution in [0.2, 0.25) is 5.02 Å². The molecule has 2 aromatic rings. The average molecular weight is 434 g/mol. The van der Waals surface area contributed by atoms with Crippen molar-refractivity contribution in [3.63, 3.8) is 0 Å². The zero-order valence-corrected chi connectivity index (χ0v) is 18.3. The monoisotopic (exact) mass is 433 g/mol. The van der Waals surface area contributed by atoms with Crippen LogP contribution >= 0.6 is 35.2 Å². The van der Waals surface area contributed by atoms with Crippen LogP contribution in [0.1, 0.15) is 50.5 Å². The number of aryl methyl sites for hydroxylation is 1. The molecule has 4 bridgehead atoms. The van der Waals surface area contributed by atoms with Crippen molar-refractivity contribution in [1.82, 2.24) is 10.3 Å². The van der Waals surface area contributed by atoms with Gasteiger partial charge in [0.2, 0.25) is 5.91 Å². The number of rotatable bonds is 3. The first-order valence-corrected chi connectivity index (χ1v) is 11.7. The Morgan fingerprint density at radius 2 is 1.89 bits per heavy atom. The van der Waals surface area contributed by atoms with E-state index in [4.69, 9.17) is 23.8 Å². The molecule has 0 atom stereocenters. The Kier molecular flexibility index (Phi) is 4.64. The topological polar surface area (TPSA) is 54.0 Å². The van der Waals surface area contributed by atoms with Gasteiger partial charge in [0.25, 0.3) is 0 Å². The normalized spacial score (nSPS) is 30.6. The largest absolute Gasteiger partial charge is 0.308 e. The van der Waals surface area contributed by atoms with Crippen molar-refractivity contribution >= 4 is 61.5 Å². The molecule has 1 amide bonds. The van der Waals surface area contributed by atoms with E-state index < -0.39 is 0 Å². The number of amides is 1. The standard InChI is InChI=1S/C21H24ClN3OS2/c1-11-2-17-16(6-15(11)22)23-20(28-17)25-19(27)24-18(26)10-21-7-12-3-13(8-21)5-14(4-12)9-21/h2,6,12-14H,3-5,7-10H2,1H3,(H2,23,24,25,26,27). The first-order chi connectivity index (χ1) is 13.4. The van der Waals surface area contributed by atoms with E-state index in [0.29, 0.717) is 21.7 Å². The fourth-order valence-electron chi connectivity index (χ4n) is 6.25. The van der Waals surface area contributed by atoms with Gasteiger partial charge in [0.1, 0.15) is 0 Å². The summed E-state index contributed by atoms with van der Waals surface area (Å²) in [6, 6.07) is 3.89.